The quantitative estimate of drug-likeness (QED) is 0.378. The molecule has 1 aliphatic rings. The van der Waals surface area contributed by atoms with Crippen LogP contribution in [-0.2, 0) is 4.79 Å². The molecule has 0 aliphatic carbocycles. The molecule has 3 aromatic carbocycles. The van der Waals surface area contributed by atoms with Gasteiger partial charge in [0.1, 0.15) is 0 Å². The van der Waals surface area contributed by atoms with Crippen LogP contribution < -0.4 is 22.1 Å². The van der Waals surface area contributed by atoms with Crippen LogP contribution in [0.3, 0.4) is 0 Å². The molecule has 2 unspecified atom stereocenters. The van der Waals surface area contributed by atoms with E-state index in [1.165, 1.54) is 4.57 Å². The molecule has 9 nitrogen and oxygen atoms in total. The summed E-state index contributed by atoms with van der Waals surface area (Å²) < 4.78 is 1.33. The van der Waals surface area contributed by atoms with Crippen LogP contribution in [0.1, 0.15) is 34.3 Å². The van der Waals surface area contributed by atoms with Gasteiger partial charge in [-0.2, -0.15) is 0 Å². The van der Waals surface area contributed by atoms with Crippen molar-refractivity contribution in [1.29, 1.82) is 0 Å². The number of carbonyl (C=O) groups is 2. The highest BCUT2D eigenvalue weighted by molar-refractivity contribution is 6.07. The fourth-order valence-corrected chi connectivity index (χ4v) is 4.61. The van der Waals surface area contributed by atoms with Gasteiger partial charge in [-0.05, 0) is 36.8 Å². The van der Waals surface area contributed by atoms with Crippen molar-refractivity contribution < 1.29 is 9.59 Å². The van der Waals surface area contributed by atoms with Crippen molar-refractivity contribution in [2.24, 2.45) is 10.9 Å². The van der Waals surface area contributed by atoms with Gasteiger partial charge < -0.3 is 0 Å². The third-order valence-corrected chi connectivity index (χ3v) is 6.29. The first-order valence-corrected chi connectivity index (χ1v) is 11.7. The molecule has 4 aromatic rings. The van der Waals surface area contributed by atoms with Gasteiger partial charge in [0.15, 0.2) is 5.82 Å². The highest BCUT2D eigenvalue weighted by Crippen LogP contribution is 2.40. The van der Waals surface area contributed by atoms with Gasteiger partial charge in [-0.3, -0.25) is 30.2 Å². The zero-order valence-corrected chi connectivity index (χ0v) is 19.8. The summed E-state index contributed by atoms with van der Waals surface area (Å²) in [6, 6.07) is 26.4. The zero-order valence-electron chi connectivity index (χ0n) is 19.8. The first kappa shape index (κ1) is 23.7. The number of H-pyrrole nitrogens is 1. The molecule has 2 amide bonds. The summed E-state index contributed by atoms with van der Waals surface area (Å²) in [6.07, 6.45) is 0. The topological polar surface area (TPSA) is 125 Å². The molecule has 0 spiro atoms. The molecular formula is C28H23N5O4. The van der Waals surface area contributed by atoms with Crippen molar-refractivity contribution >= 4 is 23.3 Å². The SMILES string of the molecule is CC1=Nc2c(c(=O)[nH]c(=O)n2-c2ccccc2)C(c2ccccc2)C1C(=O)NNC(=O)c1ccccc1. The van der Waals surface area contributed by atoms with Crippen LogP contribution in [0.4, 0.5) is 5.82 Å². The van der Waals surface area contributed by atoms with E-state index in [0.29, 0.717) is 22.5 Å². The van der Waals surface area contributed by atoms with Crippen LogP contribution in [0, 0.1) is 5.92 Å². The second-order valence-electron chi connectivity index (χ2n) is 8.60. The van der Waals surface area contributed by atoms with Gasteiger partial charge in [-0.25, -0.2) is 14.4 Å². The lowest BCUT2D eigenvalue weighted by Crippen LogP contribution is -2.49. The molecular weight excluding hydrogens is 470 g/mol. The van der Waals surface area contributed by atoms with Crippen molar-refractivity contribution in [1.82, 2.24) is 20.4 Å². The molecule has 0 bridgehead atoms. The lowest BCUT2D eigenvalue weighted by atomic mass is 9.76. The number of para-hydroxylation sites is 1. The molecule has 1 aromatic heterocycles. The van der Waals surface area contributed by atoms with Crippen molar-refractivity contribution in [3.8, 4) is 5.69 Å². The minimum absolute atomic E-state index is 0.170. The number of fused-ring (bicyclic) bond motifs is 1. The number of amides is 2. The van der Waals surface area contributed by atoms with Crippen LogP contribution in [0.5, 0.6) is 0 Å². The molecule has 5 rings (SSSR count). The molecule has 9 heteroatoms. The largest absolute Gasteiger partial charge is 0.334 e. The fraction of sp³-hybridized carbons (Fsp3) is 0.107. The highest BCUT2D eigenvalue weighted by atomic mass is 16.2. The van der Waals surface area contributed by atoms with Crippen LogP contribution in [0.2, 0.25) is 0 Å². The monoisotopic (exact) mass is 493 g/mol. The number of rotatable bonds is 4. The molecule has 1 aliphatic heterocycles. The molecule has 37 heavy (non-hydrogen) atoms. The van der Waals surface area contributed by atoms with Crippen LogP contribution >= 0.6 is 0 Å². The highest BCUT2D eigenvalue weighted by Gasteiger charge is 2.41. The number of hydrazine groups is 1. The Hall–Kier alpha value is -5.05. The predicted octanol–water partition coefficient (Wildman–Crippen LogP) is 2.84. The maximum absolute atomic E-state index is 13.5. The average Bonchev–Trinajstić information content (AvgIpc) is 2.92. The van der Waals surface area contributed by atoms with E-state index in [9.17, 15) is 19.2 Å². The van der Waals surface area contributed by atoms with E-state index in [1.54, 1.807) is 61.5 Å². The predicted molar refractivity (Wildman–Crippen MR) is 139 cm³/mol. The molecule has 2 atom stereocenters. The van der Waals surface area contributed by atoms with Crippen molar-refractivity contribution in [3.63, 3.8) is 0 Å². The van der Waals surface area contributed by atoms with E-state index in [-0.39, 0.29) is 11.4 Å². The molecule has 0 fully saturated rings. The minimum atomic E-state index is -0.922. The van der Waals surface area contributed by atoms with Gasteiger partial charge in [0, 0.05) is 17.2 Å². The number of aliphatic imine (C=N–C) groups is 1. The molecule has 0 saturated carbocycles. The van der Waals surface area contributed by atoms with Gasteiger partial charge in [0.2, 0.25) is 5.91 Å². The number of hydrogen-bond donors (Lipinski definition) is 3. The Labute approximate surface area is 211 Å². The Morgan fingerprint density at radius 2 is 1.43 bits per heavy atom. The fourth-order valence-electron chi connectivity index (χ4n) is 4.61. The number of hydrogen-bond acceptors (Lipinski definition) is 5. The molecule has 3 N–H and O–H groups in total. The van der Waals surface area contributed by atoms with Gasteiger partial charge in [-0.15, -0.1) is 0 Å². The number of aromatic nitrogens is 2. The number of aromatic amines is 1. The van der Waals surface area contributed by atoms with E-state index in [4.69, 9.17) is 0 Å². The lowest BCUT2D eigenvalue weighted by Gasteiger charge is -2.32. The van der Waals surface area contributed by atoms with Gasteiger partial charge >= 0.3 is 5.69 Å². The zero-order chi connectivity index (χ0) is 25.9. The summed E-state index contributed by atoms with van der Waals surface area (Å²) in [5.74, 6) is -2.53. The maximum Gasteiger partial charge on any atom is 0.334 e. The summed E-state index contributed by atoms with van der Waals surface area (Å²) >= 11 is 0. The van der Waals surface area contributed by atoms with E-state index in [1.807, 2.05) is 36.4 Å². The lowest BCUT2D eigenvalue weighted by molar-refractivity contribution is -0.124. The summed E-state index contributed by atoms with van der Waals surface area (Å²) in [5.41, 5.74) is 5.86. The van der Waals surface area contributed by atoms with Crippen molar-refractivity contribution in [2.75, 3.05) is 0 Å². The van der Waals surface area contributed by atoms with E-state index < -0.39 is 34.9 Å². The summed E-state index contributed by atoms with van der Waals surface area (Å²) in [5, 5.41) is 0. The standard InChI is InChI=1S/C28H23N5O4/c1-17-21(27(36)32-31-25(34)19-13-7-3-8-14-19)22(18-11-5-2-6-12-18)23-24(29-17)33(28(37)30-26(23)35)20-15-9-4-10-16-20/h2-16,21-22H,1H3,(H,31,34)(H,32,36)(H,30,35,37). The third-order valence-electron chi connectivity index (χ3n) is 6.29. The molecule has 0 saturated heterocycles. The van der Waals surface area contributed by atoms with E-state index in [2.05, 4.69) is 20.8 Å². The van der Waals surface area contributed by atoms with Gasteiger partial charge in [0.05, 0.1) is 17.2 Å². The summed E-state index contributed by atoms with van der Waals surface area (Å²) in [4.78, 5) is 59.1. The Balaban J connectivity index is 1.61. The minimum Gasteiger partial charge on any atom is -0.273 e. The van der Waals surface area contributed by atoms with E-state index >= 15 is 0 Å². The first-order valence-electron chi connectivity index (χ1n) is 11.7. The van der Waals surface area contributed by atoms with Crippen LogP contribution in [-0.4, -0.2) is 27.1 Å². The first-order chi connectivity index (χ1) is 18.0. The Morgan fingerprint density at radius 1 is 0.838 bits per heavy atom. The molecule has 0 radical (unpaired) electrons. The number of benzene rings is 3. The van der Waals surface area contributed by atoms with E-state index in [0.717, 1.165) is 0 Å². The molecule has 2 heterocycles. The Bertz CT molecular complexity index is 1610. The Kier molecular flexibility index (Phi) is 6.34. The second-order valence-corrected chi connectivity index (χ2v) is 8.60. The van der Waals surface area contributed by atoms with Gasteiger partial charge in [-0.1, -0.05) is 66.7 Å². The number of carbonyl (C=O) groups excluding carboxylic acids is 2. The Morgan fingerprint density at radius 3 is 2.08 bits per heavy atom. The average molecular weight is 494 g/mol. The number of nitrogens with one attached hydrogen (secondary N) is 3. The smallest absolute Gasteiger partial charge is 0.273 e. The molecule has 184 valence electrons. The second kappa shape index (κ2) is 9.90. The summed E-state index contributed by atoms with van der Waals surface area (Å²) in [6.45, 7) is 1.67. The summed E-state index contributed by atoms with van der Waals surface area (Å²) in [7, 11) is 0. The third kappa shape index (κ3) is 4.50. The van der Waals surface area contributed by atoms with Crippen LogP contribution in [0.15, 0.2) is 106 Å². The normalized spacial score (nSPS) is 16.3. The van der Waals surface area contributed by atoms with Gasteiger partial charge in [0.25, 0.3) is 11.5 Å². The maximum atomic E-state index is 13.5. The van der Waals surface area contributed by atoms with Crippen molar-refractivity contribution in [3.05, 3.63) is 129 Å². The van der Waals surface area contributed by atoms with Crippen molar-refractivity contribution in [2.45, 2.75) is 12.8 Å². The number of nitrogens with zero attached hydrogens (tertiary/aromatic N) is 2. The van der Waals surface area contributed by atoms with Crippen LogP contribution in [0.25, 0.3) is 5.69 Å².